The molecule has 0 N–H and O–H groups in total. The van der Waals surface area contributed by atoms with Gasteiger partial charge in [0.1, 0.15) is 29.4 Å². The first-order valence-corrected chi connectivity index (χ1v) is 13.6. The largest absolute Gasteiger partial charge is 0.487 e. The zero-order chi connectivity index (χ0) is 28.2. The van der Waals surface area contributed by atoms with Crippen molar-refractivity contribution in [2.24, 2.45) is 0 Å². The monoisotopic (exact) mass is 547 g/mol. The first-order valence-electron chi connectivity index (χ1n) is 12.2. The number of rotatable bonds is 7. The minimum Gasteiger partial charge on any atom is -0.487 e. The van der Waals surface area contributed by atoms with Gasteiger partial charge in [0, 0.05) is 18.4 Å². The number of esters is 1. The highest BCUT2D eigenvalue weighted by molar-refractivity contribution is 7.93. The molecule has 0 fully saturated rings. The van der Waals surface area contributed by atoms with Gasteiger partial charge in [-0.3, -0.25) is 4.79 Å². The van der Waals surface area contributed by atoms with E-state index in [1.807, 2.05) is 30.3 Å². The van der Waals surface area contributed by atoms with Gasteiger partial charge in [0.25, 0.3) is 10.0 Å². The normalized spacial score (nSPS) is 11.6. The maximum absolute atomic E-state index is 14.3. The molecule has 0 aromatic heterocycles. The van der Waals surface area contributed by atoms with Crippen molar-refractivity contribution >= 4 is 38.5 Å². The predicted octanol–water partition coefficient (Wildman–Crippen LogP) is 6.47. The molecule has 0 aliphatic heterocycles. The van der Waals surface area contributed by atoms with Gasteiger partial charge >= 0.3 is 12.1 Å². The number of benzene rings is 4. The summed E-state index contributed by atoms with van der Waals surface area (Å²) in [4.78, 5) is 25.2. The highest BCUT2D eigenvalue weighted by atomic mass is 32.2. The van der Waals surface area contributed by atoms with E-state index in [1.54, 1.807) is 57.2 Å². The highest BCUT2D eigenvalue weighted by Gasteiger charge is 2.38. The van der Waals surface area contributed by atoms with E-state index in [2.05, 4.69) is 0 Å². The number of amides is 1. The lowest BCUT2D eigenvalue weighted by Gasteiger charge is -2.28. The van der Waals surface area contributed by atoms with Gasteiger partial charge in [0.2, 0.25) is 0 Å². The number of sulfonamides is 1. The van der Waals surface area contributed by atoms with E-state index in [1.165, 1.54) is 31.2 Å². The molecule has 39 heavy (non-hydrogen) atoms. The molecule has 202 valence electrons. The van der Waals surface area contributed by atoms with Crippen LogP contribution >= 0.6 is 0 Å². The molecule has 0 saturated carbocycles. The van der Waals surface area contributed by atoms with E-state index in [0.29, 0.717) is 15.1 Å². The van der Waals surface area contributed by atoms with Crippen molar-refractivity contribution in [1.82, 2.24) is 0 Å². The first kappa shape index (κ1) is 27.7. The summed E-state index contributed by atoms with van der Waals surface area (Å²) in [6.45, 7) is 6.22. The molecular formula is C30H29NO7S. The van der Waals surface area contributed by atoms with Crippen LogP contribution in [0.3, 0.4) is 0 Å². The van der Waals surface area contributed by atoms with Crippen LogP contribution in [-0.2, 0) is 26.2 Å². The molecule has 4 aromatic rings. The summed E-state index contributed by atoms with van der Waals surface area (Å²) in [6, 6.07) is 25.2. The van der Waals surface area contributed by atoms with Gasteiger partial charge in [0.15, 0.2) is 0 Å². The number of carbonyl (C=O) groups excluding carboxylic acids is 2. The van der Waals surface area contributed by atoms with Gasteiger partial charge in [-0.15, -0.1) is 0 Å². The average molecular weight is 548 g/mol. The Labute approximate surface area is 227 Å². The summed E-state index contributed by atoms with van der Waals surface area (Å²) in [5.74, 6) is -0.504. The molecule has 0 atom stereocenters. The van der Waals surface area contributed by atoms with Crippen molar-refractivity contribution < 1.29 is 32.2 Å². The third-order valence-electron chi connectivity index (χ3n) is 5.48. The Morgan fingerprint density at radius 1 is 0.846 bits per heavy atom. The standard InChI is InChI=1S/C30H29NO7S/c1-21(32)37-24-17-18-27(36-20-22-11-6-5-7-12-22)26(19-24)31(29(33)38-30(2,3)4)39(34,35)28-16-10-14-23-13-8-9-15-25(23)28/h5-19H,20H2,1-4H3. The number of carbonyl (C=O) groups is 2. The average Bonchev–Trinajstić information content (AvgIpc) is 2.87. The van der Waals surface area contributed by atoms with Crippen LogP contribution in [0.2, 0.25) is 0 Å². The molecule has 0 aliphatic carbocycles. The number of nitrogens with zero attached hydrogens (tertiary/aromatic N) is 1. The van der Waals surface area contributed by atoms with E-state index in [4.69, 9.17) is 14.2 Å². The fourth-order valence-corrected chi connectivity index (χ4v) is 5.44. The molecule has 9 heteroatoms. The second kappa shape index (κ2) is 11.2. The molecule has 4 rings (SSSR count). The fourth-order valence-electron chi connectivity index (χ4n) is 3.89. The molecule has 1 amide bonds. The van der Waals surface area contributed by atoms with Crippen molar-refractivity contribution in [3.05, 3.63) is 96.6 Å². The van der Waals surface area contributed by atoms with Gasteiger partial charge in [0.05, 0.1) is 4.90 Å². The van der Waals surface area contributed by atoms with Crippen LogP contribution < -0.4 is 13.8 Å². The molecule has 0 bridgehead atoms. The SMILES string of the molecule is CC(=O)Oc1ccc(OCc2ccccc2)c(N(C(=O)OC(C)(C)C)S(=O)(=O)c2cccc3ccccc23)c1. The summed E-state index contributed by atoms with van der Waals surface area (Å²) < 4.78 is 45.9. The summed E-state index contributed by atoms with van der Waals surface area (Å²) in [7, 11) is -4.56. The number of fused-ring (bicyclic) bond motifs is 1. The van der Waals surface area contributed by atoms with Crippen LogP contribution in [0.15, 0.2) is 95.9 Å². The smallest absolute Gasteiger partial charge is 0.429 e. The minimum atomic E-state index is -4.56. The van der Waals surface area contributed by atoms with Gasteiger partial charge in [-0.2, -0.15) is 4.31 Å². The number of anilines is 1. The Balaban J connectivity index is 1.91. The van der Waals surface area contributed by atoms with Crippen LogP contribution in [0.4, 0.5) is 10.5 Å². The Morgan fingerprint density at radius 2 is 1.51 bits per heavy atom. The minimum absolute atomic E-state index is 0.0336. The molecule has 4 aromatic carbocycles. The Hall–Kier alpha value is -4.37. The van der Waals surface area contributed by atoms with Gasteiger partial charge in [-0.05, 0) is 49.9 Å². The number of hydrogen-bond donors (Lipinski definition) is 0. The van der Waals surface area contributed by atoms with Crippen LogP contribution in [0.25, 0.3) is 10.8 Å². The quantitative estimate of drug-likeness (QED) is 0.193. The molecule has 0 radical (unpaired) electrons. The van der Waals surface area contributed by atoms with E-state index in [0.717, 1.165) is 5.56 Å². The Kier molecular flexibility index (Phi) is 7.92. The van der Waals surface area contributed by atoms with Crippen molar-refractivity contribution in [1.29, 1.82) is 0 Å². The summed E-state index contributed by atoms with van der Waals surface area (Å²) in [5.41, 5.74) is -0.345. The lowest BCUT2D eigenvalue weighted by Crippen LogP contribution is -2.41. The zero-order valence-corrected chi connectivity index (χ0v) is 22.9. The Morgan fingerprint density at radius 3 is 2.21 bits per heavy atom. The van der Waals surface area contributed by atoms with E-state index < -0.39 is 27.7 Å². The van der Waals surface area contributed by atoms with E-state index in [9.17, 15) is 18.0 Å². The highest BCUT2D eigenvalue weighted by Crippen LogP contribution is 2.39. The van der Waals surface area contributed by atoms with Crippen molar-refractivity contribution in [3.63, 3.8) is 0 Å². The maximum Gasteiger partial charge on any atom is 0.429 e. The third-order valence-corrected chi connectivity index (χ3v) is 7.21. The van der Waals surface area contributed by atoms with Crippen LogP contribution in [-0.4, -0.2) is 26.1 Å². The zero-order valence-electron chi connectivity index (χ0n) is 22.1. The number of ether oxygens (including phenoxy) is 3. The fraction of sp³-hybridized carbons (Fsp3) is 0.200. The second-order valence-electron chi connectivity index (χ2n) is 9.72. The molecule has 8 nitrogen and oxygen atoms in total. The van der Waals surface area contributed by atoms with Gasteiger partial charge in [-0.1, -0.05) is 66.7 Å². The second-order valence-corrected chi connectivity index (χ2v) is 11.5. The topological polar surface area (TPSA) is 99.2 Å². The van der Waals surface area contributed by atoms with Crippen molar-refractivity contribution in [2.45, 2.75) is 44.8 Å². The molecule has 0 saturated heterocycles. The third kappa shape index (κ3) is 6.56. The summed E-state index contributed by atoms with van der Waals surface area (Å²) in [5, 5.41) is 1.10. The van der Waals surface area contributed by atoms with Crippen LogP contribution in [0, 0.1) is 0 Å². The van der Waals surface area contributed by atoms with Crippen LogP contribution in [0.5, 0.6) is 11.5 Å². The molecule has 0 spiro atoms. The van der Waals surface area contributed by atoms with Crippen LogP contribution in [0.1, 0.15) is 33.3 Å². The van der Waals surface area contributed by atoms with Crippen molar-refractivity contribution in [2.75, 3.05) is 4.31 Å². The number of hydrogen-bond acceptors (Lipinski definition) is 7. The summed E-state index contributed by atoms with van der Waals surface area (Å²) in [6.07, 6.45) is -1.14. The van der Waals surface area contributed by atoms with Gasteiger partial charge < -0.3 is 14.2 Å². The van der Waals surface area contributed by atoms with Gasteiger partial charge in [-0.25, -0.2) is 13.2 Å². The predicted molar refractivity (Wildman–Crippen MR) is 148 cm³/mol. The lowest BCUT2D eigenvalue weighted by molar-refractivity contribution is -0.131. The van der Waals surface area contributed by atoms with E-state index in [-0.39, 0.29) is 28.7 Å². The first-order chi connectivity index (χ1) is 18.5. The summed E-state index contributed by atoms with van der Waals surface area (Å²) >= 11 is 0. The molecule has 0 heterocycles. The molecule has 0 unspecified atom stereocenters. The molecule has 0 aliphatic rings. The maximum atomic E-state index is 14.3. The molecular weight excluding hydrogens is 518 g/mol. The van der Waals surface area contributed by atoms with E-state index >= 15 is 0 Å². The lowest BCUT2D eigenvalue weighted by atomic mass is 10.1. The Bertz CT molecular complexity index is 1600. The van der Waals surface area contributed by atoms with Crippen molar-refractivity contribution in [3.8, 4) is 11.5 Å².